The van der Waals surface area contributed by atoms with Gasteiger partial charge in [-0.15, -0.1) is 0 Å². The molecule has 0 aliphatic heterocycles. The van der Waals surface area contributed by atoms with Crippen LogP contribution in [-0.2, 0) is 9.63 Å². The minimum atomic E-state index is -0.195. The van der Waals surface area contributed by atoms with E-state index in [0.717, 1.165) is 12.8 Å². The van der Waals surface area contributed by atoms with Crippen LogP contribution < -0.4 is 11.2 Å². The first-order valence-corrected chi connectivity index (χ1v) is 5.68. The summed E-state index contributed by atoms with van der Waals surface area (Å²) in [6.45, 7) is 7.60. The van der Waals surface area contributed by atoms with Crippen molar-refractivity contribution in [3.8, 4) is 0 Å². The van der Waals surface area contributed by atoms with Gasteiger partial charge in [-0.2, -0.15) is 5.48 Å². The SMILES string of the molecule is CC(C)CCNOC(=O)CC(C)CCN. The van der Waals surface area contributed by atoms with Gasteiger partial charge in [-0.3, -0.25) is 4.79 Å². The number of hydroxylamine groups is 1. The van der Waals surface area contributed by atoms with Crippen molar-refractivity contribution < 1.29 is 9.63 Å². The number of rotatable bonds is 8. The smallest absolute Gasteiger partial charge is 0.325 e. The van der Waals surface area contributed by atoms with Crippen molar-refractivity contribution >= 4 is 5.97 Å². The third kappa shape index (κ3) is 9.69. The molecule has 0 saturated carbocycles. The molecule has 15 heavy (non-hydrogen) atoms. The molecule has 0 saturated heterocycles. The summed E-state index contributed by atoms with van der Waals surface area (Å²) in [4.78, 5) is 16.1. The Kier molecular flexibility index (Phi) is 8.33. The number of nitrogens with two attached hydrogens (primary N) is 1. The molecule has 0 aromatic rings. The predicted octanol–water partition coefficient (Wildman–Crippen LogP) is 1.46. The fourth-order valence-electron chi connectivity index (χ4n) is 1.19. The molecule has 1 atom stereocenters. The summed E-state index contributed by atoms with van der Waals surface area (Å²) in [7, 11) is 0. The van der Waals surface area contributed by atoms with Gasteiger partial charge >= 0.3 is 5.97 Å². The van der Waals surface area contributed by atoms with Crippen LogP contribution in [0.1, 0.15) is 40.0 Å². The molecular formula is C11H24N2O2. The van der Waals surface area contributed by atoms with Gasteiger partial charge in [0.15, 0.2) is 0 Å². The van der Waals surface area contributed by atoms with Crippen LogP contribution in [0.3, 0.4) is 0 Å². The van der Waals surface area contributed by atoms with Crippen LogP contribution in [0, 0.1) is 11.8 Å². The van der Waals surface area contributed by atoms with E-state index in [0.29, 0.717) is 31.3 Å². The highest BCUT2D eigenvalue weighted by Gasteiger charge is 2.09. The van der Waals surface area contributed by atoms with Crippen molar-refractivity contribution in [3.05, 3.63) is 0 Å². The van der Waals surface area contributed by atoms with Crippen molar-refractivity contribution in [2.24, 2.45) is 17.6 Å². The quantitative estimate of drug-likeness (QED) is 0.476. The predicted molar refractivity (Wildman–Crippen MR) is 61.0 cm³/mol. The second kappa shape index (κ2) is 8.68. The molecule has 0 aromatic carbocycles. The lowest BCUT2D eigenvalue weighted by atomic mass is 10.0. The van der Waals surface area contributed by atoms with Crippen molar-refractivity contribution in [1.82, 2.24) is 5.48 Å². The summed E-state index contributed by atoms with van der Waals surface area (Å²) in [5, 5.41) is 0. The molecule has 0 amide bonds. The molecule has 0 fully saturated rings. The van der Waals surface area contributed by atoms with Crippen LogP contribution in [0.5, 0.6) is 0 Å². The van der Waals surface area contributed by atoms with Gasteiger partial charge in [0.25, 0.3) is 0 Å². The third-order valence-corrected chi connectivity index (χ3v) is 2.18. The van der Waals surface area contributed by atoms with Crippen LogP contribution >= 0.6 is 0 Å². The standard InChI is InChI=1S/C11H24N2O2/c1-9(2)5-7-13-15-11(14)8-10(3)4-6-12/h9-10,13H,4-8,12H2,1-3H3. The van der Waals surface area contributed by atoms with E-state index in [4.69, 9.17) is 10.6 Å². The van der Waals surface area contributed by atoms with Gasteiger partial charge in [-0.05, 0) is 31.2 Å². The molecule has 0 aliphatic rings. The normalized spacial score (nSPS) is 12.9. The van der Waals surface area contributed by atoms with E-state index >= 15 is 0 Å². The number of nitrogens with one attached hydrogen (secondary N) is 1. The second-order valence-corrected chi connectivity index (χ2v) is 4.44. The van der Waals surface area contributed by atoms with Crippen LogP contribution in [0.4, 0.5) is 0 Å². The van der Waals surface area contributed by atoms with E-state index in [1.54, 1.807) is 0 Å². The number of carbonyl (C=O) groups excluding carboxylic acids is 1. The lowest BCUT2D eigenvalue weighted by Crippen LogP contribution is -2.23. The lowest BCUT2D eigenvalue weighted by molar-refractivity contribution is -0.152. The molecule has 0 aromatic heterocycles. The van der Waals surface area contributed by atoms with E-state index < -0.39 is 0 Å². The van der Waals surface area contributed by atoms with E-state index in [1.807, 2.05) is 6.92 Å². The van der Waals surface area contributed by atoms with Crippen molar-refractivity contribution in [2.45, 2.75) is 40.0 Å². The Labute approximate surface area is 92.5 Å². The zero-order valence-electron chi connectivity index (χ0n) is 10.1. The molecule has 0 spiro atoms. The summed E-state index contributed by atoms with van der Waals surface area (Å²) >= 11 is 0. The monoisotopic (exact) mass is 216 g/mol. The maximum absolute atomic E-state index is 11.2. The highest BCUT2D eigenvalue weighted by Crippen LogP contribution is 2.06. The second-order valence-electron chi connectivity index (χ2n) is 4.44. The van der Waals surface area contributed by atoms with Crippen LogP contribution in [0.2, 0.25) is 0 Å². The fourth-order valence-corrected chi connectivity index (χ4v) is 1.19. The first-order valence-electron chi connectivity index (χ1n) is 5.68. The maximum atomic E-state index is 11.2. The molecule has 4 nitrogen and oxygen atoms in total. The van der Waals surface area contributed by atoms with Gasteiger partial charge in [-0.25, -0.2) is 0 Å². The van der Waals surface area contributed by atoms with Crippen LogP contribution in [0.25, 0.3) is 0 Å². The molecule has 0 heterocycles. The van der Waals surface area contributed by atoms with Crippen LogP contribution in [-0.4, -0.2) is 19.1 Å². The Balaban J connectivity index is 3.40. The van der Waals surface area contributed by atoms with E-state index in [2.05, 4.69) is 19.3 Å². The lowest BCUT2D eigenvalue weighted by Gasteiger charge is -2.10. The molecule has 0 bridgehead atoms. The Morgan fingerprint density at radius 1 is 1.33 bits per heavy atom. The van der Waals surface area contributed by atoms with E-state index in [9.17, 15) is 4.79 Å². The van der Waals surface area contributed by atoms with Gasteiger partial charge in [0.2, 0.25) is 0 Å². The molecule has 0 aliphatic carbocycles. The zero-order chi connectivity index (χ0) is 11.7. The summed E-state index contributed by atoms with van der Waals surface area (Å²) in [6, 6.07) is 0. The molecule has 0 rings (SSSR count). The highest BCUT2D eigenvalue weighted by atomic mass is 16.7. The van der Waals surface area contributed by atoms with E-state index in [-0.39, 0.29) is 5.97 Å². The van der Waals surface area contributed by atoms with Crippen molar-refractivity contribution in [1.29, 1.82) is 0 Å². The highest BCUT2D eigenvalue weighted by molar-refractivity contribution is 5.69. The zero-order valence-corrected chi connectivity index (χ0v) is 10.1. The third-order valence-electron chi connectivity index (χ3n) is 2.18. The number of hydrogen-bond donors (Lipinski definition) is 2. The van der Waals surface area contributed by atoms with Gasteiger partial charge in [0.05, 0.1) is 0 Å². The van der Waals surface area contributed by atoms with Crippen molar-refractivity contribution in [3.63, 3.8) is 0 Å². The number of carbonyl (C=O) groups is 1. The van der Waals surface area contributed by atoms with E-state index in [1.165, 1.54) is 0 Å². The first-order chi connectivity index (χ1) is 7.06. The molecular weight excluding hydrogens is 192 g/mol. The number of hydrogen-bond acceptors (Lipinski definition) is 4. The maximum Gasteiger partial charge on any atom is 0.325 e. The summed E-state index contributed by atoms with van der Waals surface area (Å²) in [5.74, 6) is 0.724. The minimum absolute atomic E-state index is 0.195. The Morgan fingerprint density at radius 3 is 2.53 bits per heavy atom. The molecule has 3 N–H and O–H groups in total. The summed E-state index contributed by atoms with van der Waals surface area (Å²) in [5.41, 5.74) is 8.08. The average molecular weight is 216 g/mol. The molecule has 0 radical (unpaired) electrons. The molecule has 1 unspecified atom stereocenters. The first kappa shape index (κ1) is 14.4. The van der Waals surface area contributed by atoms with Crippen molar-refractivity contribution in [2.75, 3.05) is 13.1 Å². The Morgan fingerprint density at radius 2 is 2.00 bits per heavy atom. The Hall–Kier alpha value is -0.610. The van der Waals surface area contributed by atoms with Gasteiger partial charge < -0.3 is 10.6 Å². The topological polar surface area (TPSA) is 64.3 Å². The summed E-state index contributed by atoms with van der Waals surface area (Å²) < 4.78 is 0. The summed E-state index contributed by atoms with van der Waals surface area (Å²) in [6.07, 6.45) is 2.30. The van der Waals surface area contributed by atoms with Gasteiger partial charge in [0, 0.05) is 13.0 Å². The molecule has 90 valence electrons. The average Bonchev–Trinajstić information content (AvgIpc) is 2.12. The fraction of sp³-hybridized carbons (Fsp3) is 0.909. The van der Waals surface area contributed by atoms with Gasteiger partial charge in [-0.1, -0.05) is 20.8 Å². The van der Waals surface area contributed by atoms with Gasteiger partial charge in [0.1, 0.15) is 0 Å². The Bertz CT molecular complexity index is 172. The minimum Gasteiger partial charge on any atom is -0.371 e. The largest absolute Gasteiger partial charge is 0.371 e. The molecule has 4 heteroatoms. The van der Waals surface area contributed by atoms with Crippen LogP contribution in [0.15, 0.2) is 0 Å².